The number of nitro benzene ring substituents is 1. The van der Waals surface area contributed by atoms with Gasteiger partial charge in [-0.3, -0.25) is 14.9 Å². The summed E-state index contributed by atoms with van der Waals surface area (Å²) in [6.45, 7) is 0. The minimum atomic E-state index is -0.473. The lowest BCUT2D eigenvalue weighted by Gasteiger charge is -2.29. The molecule has 1 aliphatic carbocycles. The van der Waals surface area contributed by atoms with Crippen molar-refractivity contribution >= 4 is 17.3 Å². The standard InChI is InChI=1S/C18H18N4O3/c23-18(19-12-5-3-6-13(10-12)22(24)25)17-15-9-8-11-4-1-2-7-14(11)16(15)20-21-17/h1-7,10,15-17,20-21H,8-9H2,(H,19,23). The molecule has 0 spiro atoms. The molecule has 1 amide bonds. The van der Waals surface area contributed by atoms with Crippen LogP contribution in [0.1, 0.15) is 23.6 Å². The summed E-state index contributed by atoms with van der Waals surface area (Å²) in [6, 6.07) is 14.0. The third-order valence-corrected chi connectivity index (χ3v) is 4.99. The van der Waals surface area contributed by atoms with Gasteiger partial charge < -0.3 is 5.32 Å². The Hall–Kier alpha value is -2.77. The first kappa shape index (κ1) is 15.7. The van der Waals surface area contributed by atoms with Crippen LogP contribution in [-0.2, 0) is 11.2 Å². The Labute approximate surface area is 144 Å². The quantitative estimate of drug-likeness (QED) is 0.589. The number of amides is 1. The van der Waals surface area contributed by atoms with E-state index in [1.54, 1.807) is 12.1 Å². The molecule has 3 unspecified atom stereocenters. The van der Waals surface area contributed by atoms with Crippen LogP contribution < -0.4 is 16.2 Å². The number of nitrogens with zero attached hydrogens (tertiary/aromatic N) is 1. The highest BCUT2D eigenvalue weighted by Crippen LogP contribution is 2.39. The van der Waals surface area contributed by atoms with E-state index in [-0.39, 0.29) is 29.6 Å². The second-order valence-corrected chi connectivity index (χ2v) is 6.44. The van der Waals surface area contributed by atoms with Crippen LogP contribution in [0.2, 0.25) is 0 Å². The molecule has 0 bridgehead atoms. The summed E-state index contributed by atoms with van der Waals surface area (Å²) < 4.78 is 0. The fourth-order valence-electron chi connectivity index (χ4n) is 3.79. The summed E-state index contributed by atoms with van der Waals surface area (Å²) in [6.07, 6.45) is 1.86. The lowest BCUT2D eigenvalue weighted by molar-refractivity contribution is -0.384. The van der Waals surface area contributed by atoms with Gasteiger partial charge in [0, 0.05) is 23.7 Å². The number of carbonyl (C=O) groups is 1. The predicted octanol–water partition coefficient (Wildman–Crippen LogP) is 2.31. The molecule has 2 aliphatic rings. The summed E-state index contributed by atoms with van der Waals surface area (Å²) in [5.74, 6) is -0.0338. The Bertz CT molecular complexity index is 839. The molecule has 1 aliphatic heterocycles. The molecule has 1 saturated heterocycles. The summed E-state index contributed by atoms with van der Waals surface area (Å²) in [4.78, 5) is 23.1. The lowest BCUT2D eigenvalue weighted by atomic mass is 9.77. The molecule has 1 fully saturated rings. The molecule has 3 atom stereocenters. The van der Waals surface area contributed by atoms with E-state index < -0.39 is 4.92 Å². The molecular formula is C18H18N4O3. The van der Waals surface area contributed by atoms with Crippen molar-refractivity contribution in [2.75, 3.05) is 5.32 Å². The lowest BCUT2D eigenvalue weighted by Crippen LogP contribution is -2.42. The minimum Gasteiger partial charge on any atom is -0.324 e. The molecule has 7 heteroatoms. The zero-order valence-corrected chi connectivity index (χ0v) is 13.4. The first-order valence-corrected chi connectivity index (χ1v) is 8.27. The molecule has 7 nitrogen and oxygen atoms in total. The zero-order chi connectivity index (χ0) is 17.4. The molecule has 4 rings (SSSR count). The van der Waals surface area contributed by atoms with E-state index in [9.17, 15) is 14.9 Å². The maximum atomic E-state index is 12.7. The van der Waals surface area contributed by atoms with Gasteiger partial charge in [-0.1, -0.05) is 30.3 Å². The number of hydrogen-bond acceptors (Lipinski definition) is 5. The van der Waals surface area contributed by atoms with Gasteiger partial charge >= 0.3 is 0 Å². The SMILES string of the molecule is O=C(Nc1cccc([N+](=O)[O-])c1)C1NNC2c3ccccc3CCC12. The Balaban J connectivity index is 1.51. The van der Waals surface area contributed by atoms with E-state index in [0.29, 0.717) is 5.69 Å². The van der Waals surface area contributed by atoms with Gasteiger partial charge in [0.2, 0.25) is 5.91 Å². The molecule has 2 aromatic rings. The number of aryl methyl sites for hydroxylation is 1. The molecule has 128 valence electrons. The predicted molar refractivity (Wildman–Crippen MR) is 92.8 cm³/mol. The number of nitro groups is 1. The fourth-order valence-corrected chi connectivity index (χ4v) is 3.79. The number of anilines is 1. The second-order valence-electron chi connectivity index (χ2n) is 6.44. The highest BCUT2D eigenvalue weighted by Gasteiger charge is 2.43. The van der Waals surface area contributed by atoms with Crippen molar-refractivity contribution < 1.29 is 9.72 Å². The van der Waals surface area contributed by atoms with Gasteiger partial charge in [-0.25, -0.2) is 10.9 Å². The summed E-state index contributed by atoms with van der Waals surface area (Å²) >= 11 is 0. The van der Waals surface area contributed by atoms with E-state index in [0.717, 1.165) is 12.8 Å². The van der Waals surface area contributed by atoms with Crippen molar-refractivity contribution in [1.29, 1.82) is 0 Å². The van der Waals surface area contributed by atoms with E-state index >= 15 is 0 Å². The van der Waals surface area contributed by atoms with Crippen molar-refractivity contribution in [3.8, 4) is 0 Å². The van der Waals surface area contributed by atoms with Gasteiger partial charge in [0.15, 0.2) is 0 Å². The highest BCUT2D eigenvalue weighted by molar-refractivity contribution is 5.95. The molecule has 1 heterocycles. The number of rotatable bonds is 3. The Morgan fingerprint density at radius 1 is 1.16 bits per heavy atom. The normalized spacial score (nSPS) is 24.2. The summed E-state index contributed by atoms with van der Waals surface area (Å²) in [7, 11) is 0. The van der Waals surface area contributed by atoms with Crippen molar-refractivity contribution in [3.63, 3.8) is 0 Å². The van der Waals surface area contributed by atoms with E-state index in [1.807, 2.05) is 12.1 Å². The molecule has 0 aromatic heterocycles. The van der Waals surface area contributed by atoms with Crippen LogP contribution in [0.5, 0.6) is 0 Å². The molecule has 0 radical (unpaired) electrons. The zero-order valence-electron chi connectivity index (χ0n) is 13.4. The molecule has 3 N–H and O–H groups in total. The Morgan fingerprint density at radius 3 is 2.84 bits per heavy atom. The smallest absolute Gasteiger partial charge is 0.271 e. The molecule has 2 aromatic carbocycles. The molecule has 0 saturated carbocycles. The van der Waals surface area contributed by atoms with E-state index in [2.05, 4.69) is 28.3 Å². The average Bonchev–Trinajstić information content (AvgIpc) is 3.06. The van der Waals surface area contributed by atoms with Crippen molar-refractivity contribution in [3.05, 3.63) is 69.8 Å². The van der Waals surface area contributed by atoms with Crippen LogP contribution in [0.15, 0.2) is 48.5 Å². The highest BCUT2D eigenvalue weighted by atomic mass is 16.6. The number of hydrazine groups is 1. The number of non-ortho nitro benzene ring substituents is 1. The van der Waals surface area contributed by atoms with Crippen LogP contribution in [0, 0.1) is 16.0 Å². The van der Waals surface area contributed by atoms with Crippen LogP contribution in [-0.4, -0.2) is 16.9 Å². The van der Waals surface area contributed by atoms with Gasteiger partial charge in [0.1, 0.15) is 6.04 Å². The van der Waals surface area contributed by atoms with Crippen molar-refractivity contribution in [2.24, 2.45) is 5.92 Å². The van der Waals surface area contributed by atoms with Gasteiger partial charge in [-0.2, -0.15) is 0 Å². The fraction of sp³-hybridized carbons (Fsp3) is 0.278. The molecular weight excluding hydrogens is 320 g/mol. The van der Waals surface area contributed by atoms with Crippen LogP contribution in [0.3, 0.4) is 0 Å². The number of nitrogens with one attached hydrogen (secondary N) is 3. The van der Waals surface area contributed by atoms with Crippen molar-refractivity contribution in [1.82, 2.24) is 10.9 Å². The third-order valence-electron chi connectivity index (χ3n) is 4.99. The Kier molecular flexibility index (Phi) is 3.95. The van der Waals surface area contributed by atoms with Crippen LogP contribution >= 0.6 is 0 Å². The van der Waals surface area contributed by atoms with E-state index in [1.165, 1.54) is 23.3 Å². The number of hydrogen-bond donors (Lipinski definition) is 3. The topological polar surface area (TPSA) is 96.3 Å². The van der Waals surface area contributed by atoms with Gasteiger partial charge in [-0.05, 0) is 30.0 Å². The number of benzene rings is 2. The van der Waals surface area contributed by atoms with Crippen LogP contribution in [0.25, 0.3) is 0 Å². The van der Waals surface area contributed by atoms with Gasteiger partial charge in [-0.15, -0.1) is 0 Å². The number of fused-ring (bicyclic) bond motifs is 3. The third kappa shape index (κ3) is 2.88. The van der Waals surface area contributed by atoms with Crippen molar-refractivity contribution in [2.45, 2.75) is 24.9 Å². The summed E-state index contributed by atoms with van der Waals surface area (Å²) in [5, 5.41) is 13.7. The Morgan fingerprint density at radius 2 is 2.00 bits per heavy atom. The monoisotopic (exact) mass is 338 g/mol. The average molecular weight is 338 g/mol. The van der Waals surface area contributed by atoms with E-state index in [4.69, 9.17) is 0 Å². The first-order valence-electron chi connectivity index (χ1n) is 8.27. The van der Waals surface area contributed by atoms with Crippen LogP contribution in [0.4, 0.5) is 11.4 Å². The van der Waals surface area contributed by atoms with Gasteiger partial charge in [0.05, 0.1) is 11.0 Å². The largest absolute Gasteiger partial charge is 0.324 e. The maximum Gasteiger partial charge on any atom is 0.271 e. The first-order chi connectivity index (χ1) is 12.1. The minimum absolute atomic E-state index is 0.0419. The number of carbonyl (C=O) groups excluding carboxylic acids is 1. The maximum absolute atomic E-state index is 12.7. The summed E-state index contributed by atoms with van der Waals surface area (Å²) in [5.41, 5.74) is 9.28. The van der Waals surface area contributed by atoms with Gasteiger partial charge in [0.25, 0.3) is 5.69 Å². The molecule has 25 heavy (non-hydrogen) atoms. The second kappa shape index (κ2) is 6.27.